The van der Waals surface area contributed by atoms with Gasteiger partial charge in [-0.25, -0.2) is 4.98 Å². The summed E-state index contributed by atoms with van der Waals surface area (Å²) in [4.78, 5) is 5.31. The average Bonchev–Trinajstić information content (AvgIpc) is 3.50. The Balaban J connectivity index is 1.48. The SMILES string of the molecule is CC(C)(c1ccc2c3ccccc3n(-c3ccccc3)c2n1)[n+]1[c-]n(-c2ccccc2O)c2ccccc21. The number of pyridine rings is 1. The number of hydrogen-bond donors (Lipinski definition) is 1. The van der Waals surface area contributed by atoms with Crippen LogP contribution in [0.1, 0.15) is 19.5 Å². The molecule has 3 heterocycles. The molecule has 0 bridgehead atoms. The molecule has 0 fully saturated rings. The second-order valence-corrected chi connectivity index (χ2v) is 10.1. The molecule has 0 amide bonds. The molecule has 0 aliphatic rings. The number of phenols is 1. The average molecular weight is 495 g/mol. The van der Waals surface area contributed by atoms with E-state index in [-0.39, 0.29) is 5.75 Å². The van der Waals surface area contributed by atoms with Gasteiger partial charge in [-0.2, -0.15) is 0 Å². The molecule has 0 saturated heterocycles. The largest absolute Gasteiger partial charge is 0.513 e. The van der Waals surface area contributed by atoms with Crippen LogP contribution in [0.5, 0.6) is 5.75 Å². The van der Waals surface area contributed by atoms with Crippen molar-refractivity contribution in [3.05, 3.63) is 127 Å². The van der Waals surface area contributed by atoms with E-state index in [1.807, 2.05) is 41.0 Å². The fourth-order valence-corrected chi connectivity index (χ4v) is 5.45. The van der Waals surface area contributed by atoms with Crippen LogP contribution in [0.2, 0.25) is 0 Å². The van der Waals surface area contributed by atoms with Crippen molar-refractivity contribution in [2.75, 3.05) is 0 Å². The maximum atomic E-state index is 10.6. The first-order chi connectivity index (χ1) is 18.5. The summed E-state index contributed by atoms with van der Waals surface area (Å²) in [6.45, 7) is 4.32. The van der Waals surface area contributed by atoms with Crippen LogP contribution in [0.3, 0.4) is 0 Å². The lowest BCUT2D eigenvalue weighted by Gasteiger charge is -2.24. The van der Waals surface area contributed by atoms with Crippen molar-refractivity contribution in [2.24, 2.45) is 0 Å². The first-order valence-electron chi connectivity index (χ1n) is 12.7. The minimum atomic E-state index is -0.540. The number of aromatic hydroxyl groups is 1. The highest BCUT2D eigenvalue weighted by atomic mass is 16.3. The summed E-state index contributed by atoms with van der Waals surface area (Å²) in [5.74, 6) is 0.210. The van der Waals surface area contributed by atoms with Crippen molar-refractivity contribution in [1.82, 2.24) is 14.1 Å². The third-order valence-corrected chi connectivity index (χ3v) is 7.41. The van der Waals surface area contributed by atoms with Gasteiger partial charge in [0.2, 0.25) is 6.33 Å². The van der Waals surface area contributed by atoms with Crippen LogP contribution >= 0.6 is 0 Å². The first-order valence-corrected chi connectivity index (χ1v) is 12.7. The second-order valence-electron chi connectivity index (χ2n) is 10.1. The summed E-state index contributed by atoms with van der Waals surface area (Å²) in [5, 5.41) is 12.9. The van der Waals surface area contributed by atoms with Gasteiger partial charge >= 0.3 is 0 Å². The van der Waals surface area contributed by atoms with E-state index in [1.165, 1.54) is 5.39 Å². The molecule has 38 heavy (non-hydrogen) atoms. The van der Waals surface area contributed by atoms with E-state index in [0.717, 1.165) is 39.0 Å². The molecular formula is C33H26N4O. The number of fused-ring (bicyclic) bond motifs is 4. The Morgan fingerprint density at radius 3 is 2.21 bits per heavy atom. The van der Waals surface area contributed by atoms with Crippen LogP contribution in [0.15, 0.2) is 115 Å². The summed E-state index contributed by atoms with van der Waals surface area (Å²) in [5.41, 5.74) is 6.17. The molecule has 7 rings (SSSR count). The van der Waals surface area contributed by atoms with Crippen molar-refractivity contribution in [3.63, 3.8) is 0 Å². The number of hydrogen-bond acceptors (Lipinski definition) is 2. The lowest BCUT2D eigenvalue weighted by atomic mass is 9.98. The number of imidazole rings is 1. The molecule has 5 heteroatoms. The highest BCUT2D eigenvalue weighted by molar-refractivity contribution is 6.07. The van der Waals surface area contributed by atoms with Crippen LogP contribution in [0, 0.1) is 6.33 Å². The number of phenolic OH excluding ortho intramolecular Hbond substituents is 1. The Labute approximate surface area is 220 Å². The summed E-state index contributed by atoms with van der Waals surface area (Å²) in [6.07, 6.45) is 3.53. The van der Waals surface area contributed by atoms with Gasteiger partial charge in [-0.3, -0.25) is 4.57 Å². The van der Waals surface area contributed by atoms with Crippen molar-refractivity contribution < 1.29 is 9.67 Å². The van der Waals surface area contributed by atoms with Gasteiger partial charge in [-0.05, 0) is 50.2 Å². The fraction of sp³-hybridized carbons (Fsp3) is 0.0909. The summed E-state index contributed by atoms with van der Waals surface area (Å²) >= 11 is 0. The Kier molecular flexibility index (Phi) is 4.88. The topological polar surface area (TPSA) is 46.9 Å². The van der Waals surface area contributed by atoms with Crippen LogP contribution in [-0.4, -0.2) is 19.2 Å². The molecule has 1 N–H and O–H groups in total. The quantitative estimate of drug-likeness (QED) is 0.219. The molecule has 0 aliphatic carbocycles. The zero-order valence-electron chi connectivity index (χ0n) is 21.2. The van der Waals surface area contributed by atoms with Crippen LogP contribution in [-0.2, 0) is 5.54 Å². The smallest absolute Gasteiger partial charge is 0.245 e. The third-order valence-electron chi connectivity index (χ3n) is 7.41. The molecule has 0 spiro atoms. The van der Waals surface area contributed by atoms with E-state index in [4.69, 9.17) is 4.98 Å². The summed E-state index contributed by atoms with van der Waals surface area (Å²) in [7, 11) is 0. The normalized spacial score (nSPS) is 12.1. The zero-order chi connectivity index (χ0) is 25.9. The predicted octanol–water partition coefficient (Wildman–Crippen LogP) is 6.70. The zero-order valence-corrected chi connectivity index (χ0v) is 21.2. The number of rotatable bonds is 4. The Bertz CT molecular complexity index is 1960. The molecule has 0 unspecified atom stereocenters. The fourth-order valence-electron chi connectivity index (χ4n) is 5.45. The molecule has 4 aromatic carbocycles. The highest BCUT2D eigenvalue weighted by Crippen LogP contribution is 2.33. The minimum Gasteiger partial charge on any atom is -0.513 e. The molecule has 0 aliphatic heterocycles. The Hall–Kier alpha value is -4.90. The van der Waals surface area contributed by atoms with Crippen molar-refractivity contribution in [1.29, 1.82) is 0 Å². The van der Waals surface area contributed by atoms with E-state index in [0.29, 0.717) is 5.69 Å². The van der Waals surface area contributed by atoms with Gasteiger partial charge in [0.15, 0.2) is 0 Å². The number of para-hydroxylation sites is 6. The van der Waals surface area contributed by atoms with E-state index in [9.17, 15) is 5.11 Å². The van der Waals surface area contributed by atoms with Crippen molar-refractivity contribution in [3.8, 4) is 17.1 Å². The monoisotopic (exact) mass is 494 g/mol. The van der Waals surface area contributed by atoms with Crippen LogP contribution in [0.4, 0.5) is 0 Å². The lowest BCUT2D eigenvalue weighted by Crippen LogP contribution is -2.53. The van der Waals surface area contributed by atoms with Gasteiger partial charge in [0.1, 0.15) is 16.9 Å². The summed E-state index contributed by atoms with van der Waals surface area (Å²) < 4.78 is 6.29. The molecule has 0 saturated carbocycles. The third kappa shape index (κ3) is 3.25. The second kappa shape index (κ2) is 8.32. The van der Waals surface area contributed by atoms with Gasteiger partial charge in [0, 0.05) is 16.5 Å². The van der Waals surface area contributed by atoms with Gasteiger partial charge in [-0.1, -0.05) is 78.9 Å². The molecule has 184 valence electrons. The van der Waals surface area contributed by atoms with E-state index >= 15 is 0 Å². The van der Waals surface area contributed by atoms with Crippen LogP contribution < -0.4 is 4.57 Å². The maximum absolute atomic E-state index is 10.6. The van der Waals surface area contributed by atoms with Gasteiger partial charge in [-0.15, -0.1) is 0 Å². The molecule has 0 atom stereocenters. The predicted molar refractivity (Wildman–Crippen MR) is 151 cm³/mol. The Morgan fingerprint density at radius 2 is 1.39 bits per heavy atom. The van der Waals surface area contributed by atoms with Gasteiger partial charge in [0.05, 0.1) is 27.9 Å². The van der Waals surface area contributed by atoms with E-state index in [1.54, 1.807) is 6.07 Å². The lowest BCUT2D eigenvalue weighted by molar-refractivity contribution is -0.728. The number of aromatic nitrogens is 4. The maximum Gasteiger partial charge on any atom is 0.245 e. The number of benzene rings is 4. The first kappa shape index (κ1) is 22.3. The molecule has 3 aromatic heterocycles. The van der Waals surface area contributed by atoms with Crippen LogP contribution in [0.25, 0.3) is 44.3 Å². The summed E-state index contributed by atoms with van der Waals surface area (Å²) in [6, 6.07) is 38.7. The molecule has 0 radical (unpaired) electrons. The number of nitrogens with zero attached hydrogens (tertiary/aromatic N) is 4. The Morgan fingerprint density at radius 1 is 0.711 bits per heavy atom. The van der Waals surface area contributed by atoms with Crippen molar-refractivity contribution in [2.45, 2.75) is 19.4 Å². The van der Waals surface area contributed by atoms with Gasteiger partial charge < -0.3 is 14.2 Å². The molecular weight excluding hydrogens is 468 g/mol. The van der Waals surface area contributed by atoms with Gasteiger partial charge in [0.25, 0.3) is 0 Å². The van der Waals surface area contributed by atoms with E-state index in [2.05, 4.69) is 102 Å². The standard InChI is InChI=1S/C33H26N4O/c1-33(2,36-22-35(27-16-8-9-17-28(27)36)29-18-10-11-19-30(29)38)31-21-20-25-24-14-6-7-15-26(24)37(32(25)34-31)23-12-4-3-5-13-23/h3-21,38H,1-2H3. The molecule has 7 aromatic rings. The minimum absolute atomic E-state index is 0.210. The highest BCUT2D eigenvalue weighted by Gasteiger charge is 2.31. The van der Waals surface area contributed by atoms with Crippen molar-refractivity contribution >= 4 is 33.0 Å². The molecule has 5 nitrogen and oxygen atoms in total. The van der Waals surface area contributed by atoms with E-state index < -0.39 is 5.54 Å².